The quantitative estimate of drug-likeness (QED) is 0.850. The molecule has 0 aliphatic carbocycles. The van der Waals surface area contributed by atoms with Gasteiger partial charge in [0.05, 0.1) is 4.90 Å². The molecule has 1 aliphatic rings. The van der Waals surface area contributed by atoms with Crippen molar-refractivity contribution in [3.8, 4) is 17.2 Å². The van der Waals surface area contributed by atoms with Crippen LogP contribution in [-0.4, -0.2) is 33.5 Å². The topological polar surface area (TPSA) is 90.9 Å². The van der Waals surface area contributed by atoms with Gasteiger partial charge in [0.15, 0.2) is 27.9 Å². The van der Waals surface area contributed by atoms with Gasteiger partial charge >= 0.3 is 6.29 Å². The van der Waals surface area contributed by atoms with E-state index < -0.39 is 22.0 Å². The number of amides is 1. The predicted molar refractivity (Wildman–Crippen MR) is 86.3 cm³/mol. The molecule has 0 aromatic heterocycles. The molecule has 1 amide bonds. The van der Waals surface area contributed by atoms with Crippen LogP contribution in [-0.2, 0) is 14.6 Å². The average Bonchev–Trinajstić information content (AvgIpc) is 2.85. The lowest BCUT2D eigenvalue weighted by Gasteiger charge is -2.08. The van der Waals surface area contributed by atoms with Crippen LogP contribution in [0.1, 0.15) is 0 Å². The second kappa shape index (κ2) is 6.45. The summed E-state index contributed by atoms with van der Waals surface area (Å²) in [5, 5.41) is 2.46. The van der Waals surface area contributed by atoms with Crippen molar-refractivity contribution in [1.29, 1.82) is 0 Å². The smallest absolute Gasteiger partial charge is 0.484 e. The number of hydrogen-bond donors (Lipinski definition) is 1. The number of rotatable bonds is 5. The Balaban J connectivity index is 1.57. The monoisotopic (exact) mass is 385 g/mol. The zero-order valence-electron chi connectivity index (χ0n) is 13.4. The first-order valence-corrected chi connectivity index (χ1v) is 9.14. The van der Waals surface area contributed by atoms with Crippen molar-refractivity contribution in [3.63, 3.8) is 0 Å². The molecule has 1 N–H and O–H groups in total. The van der Waals surface area contributed by atoms with Crippen LogP contribution < -0.4 is 19.5 Å². The van der Waals surface area contributed by atoms with E-state index in [0.29, 0.717) is 5.75 Å². The lowest BCUT2D eigenvalue weighted by molar-refractivity contribution is -0.286. The summed E-state index contributed by atoms with van der Waals surface area (Å²) in [5.41, 5.74) is 0.228. The van der Waals surface area contributed by atoms with Crippen molar-refractivity contribution in [2.75, 3.05) is 18.2 Å². The maximum atomic E-state index is 13.0. The van der Waals surface area contributed by atoms with E-state index in [0.717, 1.165) is 6.26 Å². The van der Waals surface area contributed by atoms with Crippen LogP contribution in [0.3, 0.4) is 0 Å². The minimum Gasteiger partial charge on any atom is -0.484 e. The lowest BCUT2D eigenvalue weighted by atomic mass is 10.3. The van der Waals surface area contributed by atoms with Gasteiger partial charge in [0.1, 0.15) is 5.75 Å². The number of hydrogen-bond acceptors (Lipinski definition) is 6. The number of alkyl halides is 2. The third-order valence-corrected chi connectivity index (χ3v) is 4.44. The molecule has 138 valence electrons. The van der Waals surface area contributed by atoms with Gasteiger partial charge in [0.25, 0.3) is 5.91 Å². The number of halogens is 2. The largest absolute Gasteiger partial charge is 0.586 e. The summed E-state index contributed by atoms with van der Waals surface area (Å²) in [6.07, 6.45) is -2.65. The average molecular weight is 385 g/mol. The molecule has 2 aromatic rings. The van der Waals surface area contributed by atoms with Gasteiger partial charge < -0.3 is 19.5 Å². The predicted octanol–water partition coefficient (Wildman–Crippen LogP) is 2.43. The Kier molecular flexibility index (Phi) is 4.45. The van der Waals surface area contributed by atoms with E-state index in [-0.39, 0.29) is 28.7 Å². The van der Waals surface area contributed by atoms with Crippen molar-refractivity contribution in [1.82, 2.24) is 0 Å². The van der Waals surface area contributed by atoms with Crippen LogP contribution in [0.5, 0.6) is 17.2 Å². The maximum Gasteiger partial charge on any atom is 0.586 e. The normalized spacial score (nSPS) is 14.7. The van der Waals surface area contributed by atoms with E-state index in [9.17, 15) is 22.0 Å². The number of fused-ring (bicyclic) bond motifs is 1. The Hall–Kier alpha value is -2.88. The summed E-state index contributed by atoms with van der Waals surface area (Å²) in [5.74, 6) is -0.555. The van der Waals surface area contributed by atoms with Gasteiger partial charge in [-0.25, -0.2) is 8.42 Å². The van der Waals surface area contributed by atoms with E-state index in [1.165, 1.54) is 42.5 Å². The van der Waals surface area contributed by atoms with Crippen LogP contribution in [0.25, 0.3) is 0 Å². The fourth-order valence-electron chi connectivity index (χ4n) is 2.16. The summed E-state index contributed by atoms with van der Waals surface area (Å²) < 4.78 is 62.4. The standard InChI is InChI=1S/C16H13F2NO6S/c1-26(21,22)12-5-3-11(4-6-12)23-9-15(20)19-10-2-7-13-14(8-10)25-16(17,18)24-13/h2-8H,9H2,1H3,(H,19,20). The van der Waals surface area contributed by atoms with Crippen molar-refractivity contribution >= 4 is 21.4 Å². The number of ether oxygens (including phenoxy) is 3. The Morgan fingerprint density at radius 2 is 1.77 bits per heavy atom. The molecule has 1 heterocycles. The molecule has 26 heavy (non-hydrogen) atoms. The highest BCUT2D eigenvalue weighted by Gasteiger charge is 2.43. The fourth-order valence-corrected chi connectivity index (χ4v) is 2.79. The van der Waals surface area contributed by atoms with Crippen LogP contribution in [0.15, 0.2) is 47.4 Å². The van der Waals surface area contributed by atoms with Gasteiger partial charge in [-0.3, -0.25) is 4.79 Å². The van der Waals surface area contributed by atoms with E-state index in [1.807, 2.05) is 0 Å². The molecule has 0 radical (unpaired) electrons. The SMILES string of the molecule is CS(=O)(=O)c1ccc(OCC(=O)Nc2ccc3c(c2)OC(F)(F)O3)cc1. The van der Waals surface area contributed by atoms with Crippen molar-refractivity contribution < 1.29 is 36.2 Å². The van der Waals surface area contributed by atoms with E-state index in [4.69, 9.17) is 4.74 Å². The Morgan fingerprint density at radius 1 is 1.12 bits per heavy atom. The van der Waals surface area contributed by atoms with Gasteiger partial charge in [-0.2, -0.15) is 0 Å². The number of carbonyl (C=O) groups is 1. The maximum absolute atomic E-state index is 13.0. The molecule has 7 nitrogen and oxygen atoms in total. The zero-order valence-corrected chi connectivity index (χ0v) is 14.2. The van der Waals surface area contributed by atoms with Crippen LogP contribution >= 0.6 is 0 Å². The van der Waals surface area contributed by atoms with Crippen molar-refractivity contribution in [2.45, 2.75) is 11.2 Å². The molecule has 1 aliphatic heterocycles. The molecule has 3 rings (SSSR count). The molecule has 2 aromatic carbocycles. The van der Waals surface area contributed by atoms with E-state index in [1.54, 1.807) is 0 Å². The molecule has 0 fully saturated rings. The highest BCUT2D eigenvalue weighted by atomic mass is 32.2. The van der Waals surface area contributed by atoms with Gasteiger partial charge in [-0.1, -0.05) is 0 Å². The minimum atomic E-state index is -3.73. The molecule has 0 atom stereocenters. The van der Waals surface area contributed by atoms with Crippen molar-refractivity contribution in [2.24, 2.45) is 0 Å². The molecular formula is C16H13F2NO6S. The zero-order chi connectivity index (χ0) is 18.9. The van der Waals surface area contributed by atoms with Gasteiger partial charge in [-0.05, 0) is 36.4 Å². The number of carbonyl (C=O) groups excluding carboxylic acids is 1. The summed E-state index contributed by atoms with van der Waals surface area (Å²) in [6, 6.07) is 9.40. The Morgan fingerprint density at radius 3 is 2.42 bits per heavy atom. The summed E-state index contributed by atoms with van der Waals surface area (Å²) >= 11 is 0. The van der Waals surface area contributed by atoms with Gasteiger partial charge in [0, 0.05) is 18.0 Å². The second-order valence-corrected chi connectivity index (χ2v) is 7.43. The Bertz CT molecular complexity index is 944. The number of sulfone groups is 1. The highest BCUT2D eigenvalue weighted by Crippen LogP contribution is 2.42. The van der Waals surface area contributed by atoms with Crippen LogP contribution in [0.2, 0.25) is 0 Å². The number of anilines is 1. The first-order chi connectivity index (χ1) is 12.1. The van der Waals surface area contributed by atoms with E-state index in [2.05, 4.69) is 14.8 Å². The first-order valence-electron chi connectivity index (χ1n) is 7.25. The lowest BCUT2D eigenvalue weighted by Crippen LogP contribution is -2.25. The molecule has 0 bridgehead atoms. The van der Waals surface area contributed by atoms with Gasteiger partial charge in [0.2, 0.25) is 0 Å². The molecule has 0 spiro atoms. The molecular weight excluding hydrogens is 372 g/mol. The first kappa shape index (κ1) is 17.9. The summed E-state index contributed by atoms with van der Waals surface area (Å²) in [7, 11) is -3.32. The number of nitrogens with one attached hydrogen (secondary N) is 1. The summed E-state index contributed by atoms with van der Waals surface area (Å²) in [4.78, 5) is 12.0. The van der Waals surface area contributed by atoms with Crippen LogP contribution in [0, 0.1) is 0 Å². The molecule has 0 unspecified atom stereocenters. The minimum absolute atomic E-state index is 0.129. The Labute approximate surface area is 147 Å². The third-order valence-electron chi connectivity index (χ3n) is 3.31. The summed E-state index contributed by atoms with van der Waals surface area (Å²) in [6.45, 7) is -0.358. The van der Waals surface area contributed by atoms with Crippen molar-refractivity contribution in [3.05, 3.63) is 42.5 Å². The molecule has 10 heteroatoms. The molecule has 0 saturated carbocycles. The number of benzene rings is 2. The fraction of sp³-hybridized carbons (Fsp3) is 0.188. The third kappa shape index (κ3) is 4.20. The van der Waals surface area contributed by atoms with E-state index >= 15 is 0 Å². The second-order valence-electron chi connectivity index (χ2n) is 5.41. The van der Waals surface area contributed by atoms with Crippen LogP contribution in [0.4, 0.5) is 14.5 Å². The van der Waals surface area contributed by atoms with Gasteiger partial charge in [-0.15, -0.1) is 8.78 Å². The molecule has 0 saturated heterocycles. The highest BCUT2D eigenvalue weighted by molar-refractivity contribution is 7.90.